The lowest BCUT2D eigenvalue weighted by molar-refractivity contribution is -0.136. The van der Waals surface area contributed by atoms with Crippen LogP contribution in [0.5, 0.6) is 11.5 Å². The Morgan fingerprint density at radius 2 is 1.96 bits per heavy atom. The van der Waals surface area contributed by atoms with Crippen LogP contribution in [0.3, 0.4) is 0 Å². The predicted octanol–water partition coefficient (Wildman–Crippen LogP) is 3.82. The Bertz CT molecular complexity index is 857. The highest BCUT2D eigenvalue weighted by molar-refractivity contribution is 6.31. The molecule has 2 aromatic carbocycles. The maximum atomic E-state index is 12.1. The standard InChI is InChI=1S/C19H15ClO5/c1-12-2-3-13(8-15(12)20)4-7-19(22)23-10-16(21)14-5-6-17-18(9-14)25-11-24-17/h2-9H,10-11H2,1H3/b7-4+. The minimum Gasteiger partial charge on any atom is -0.454 e. The maximum Gasteiger partial charge on any atom is 0.331 e. The molecule has 5 nitrogen and oxygen atoms in total. The second-order valence-corrected chi connectivity index (χ2v) is 5.85. The van der Waals surface area contributed by atoms with Crippen LogP contribution in [0.4, 0.5) is 0 Å². The lowest BCUT2D eigenvalue weighted by Gasteiger charge is -2.03. The van der Waals surface area contributed by atoms with Gasteiger partial charge in [-0.1, -0.05) is 23.7 Å². The van der Waals surface area contributed by atoms with E-state index >= 15 is 0 Å². The quantitative estimate of drug-likeness (QED) is 0.462. The monoisotopic (exact) mass is 358 g/mol. The first kappa shape index (κ1) is 17.0. The summed E-state index contributed by atoms with van der Waals surface area (Å²) in [7, 11) is 0. The molecule has 0 fully saturated rings. The molecule has 1 heterocycles. The molecule has 0 aromatic heterocycles. The highest BCUT2D eigenvalue weighted by Crippen LogP contribution is 2.32. The third kappa shape index (κ3) is 4.19. The Kier molecular flexibility index (Phi) is 5.05. The first-order valence-electron chi connectivity index (χ1n) is 7.57. The van der Waals surface area contributed by atoms with Crippen molar-refractivity contribution in [3.63, 3.8) is 0 Å². The molecule has 0 atom stereocenters. The van der Waals surface area contributed by atoms with Gasteiger partial charge in [0.1, 0.15) is 0 Å². The first-order chi connectivity index (χ1) is 12.0. The van der Waals surface area contributed by atoms with E-state index in [-0.39, 0.29) is 19.2 Å². The van der Waals surface area contributed by atoms with Crippen molar-refractivity contribution in [2.75, 3.05) is 13.4 Å². The number of esters is 1. The third-order valence-corrected chi connectivity index (χ3v) is 4.06. The van der Waals surface area contributed by atoms with Gasteiger partial charge >= 0.3 is 5.97 Å². The van der Waals surface area contributed by atoms with E-state index in [0.29, 0.717) is 22.1 Å². The van der Waals surface area contributed by atoms with Gasteiger partial charge in [-0.2, -0.15) is 0 Å². The van der Waals surface area contributed by atoms with Crippen LogP contribution in [0.1, 0.15) is 21.5 Å². The summed E-state index contributed by atoms with van der Waals surface area (Å²) in [5, 5.41) is 0.619. The lowest BCUT2D eigenvalue weighted by Crippen LogP contribution is -2.12. The van der Waals surface area contributed by atoms with Crippen molar-refractivity contribution in [3.8, 4) is 11.5 Å². The van der Waals surface area contributed by atoms with Crippen LogP contribution >= 0.6 is 11.6 Å². The molecule has 0 radical (unpaired) electrons. The number of fused-ring (bicyclic) bond motifs is 1. The first-order valence-corrected chi connectivity index (χ1v) is 7.94. The van der Waals surface area contributed by atoms with Crippen LogP contribution in [0.2, 0.25) is 5.02 Å². The summed E-state index contributed by atoms with van der Waals surface area (Å²) < 4.78 is 15.4. The van der Waals surface area contributed by atoms with E-state index < -0.39 is 5.97 Å². The Morgan fingerprint density at radius 1 is 1.16 bits per heavy atom. The van der Waals surface area contributed by atoms with Crippen molar-refractivity contribution in [2.45, 2.75) is 6.92 Å². The van der Waals surface area contributed by atoms with E-state index in [1.165, 1.54) is 6.08 Å². The molecule has 128 valence electrons. The molecule has 1 aliphatic rings. The summed E-state index contributed by atoms with van der Waals surface area (Å²) in [5.41, 5.74) is 2.12. The van der Waals surface area contributed by atoms with Crippen LogP contribution in [-0.2, 0) is 9.53 Å². The summed E-state index contributed by atoms with van der Waals surface area (Å²) >= 11 is 6.03. The molecule has 0 unspecified atom stereocenters. The second-order valence-electron chi connectivity index (χ2n) is 5.44. The summed E-state index contributed by atoms with van der Waals surface area (Å²) in [4.78, 5) is 23.8. The highest BCUT2D eigenvalue weighted by Gasteiger charge is 2.16. The molecular weight excluding hydrogens is 344 g/mol. The lowest BCUT2D eigenvalue weighted by atomic mass is 10.1. The number of carbonyl (C=O) groups excluding carboxylic acids is 2. The van der Waals surface area contributed by atoms with Crippen LogP contribution in [0.15, 0.2) is 42.5 Å². The van der Waals surface area contributed by atoms with Gasteiger partial charge in [0, 0.05) is 16.7 Å². The number of aryl methyl sites for hydroxylation is 1. The van der Waals surface area contributed by atoms with Crippen LogP contribution < -0.4 is 9.47 Å². The summed E-state index contributed by atoms with van der Waals surface area (Å²) in [5.74, 6) is 0.172. The van der Waals surface area contributed by atoms with Crippen LogP contribution in [0.25, 0.3) is 6.08 Å². The van der Waals surface area contributed by atoms with Gasteiger partial charge in [-0.05, 0) is 48.4 Å². The number of rotatable bonds is 5. The Hall–Kier alpha value is -2.79. The molecule has 2 aromatic rings. The average molecular weight is 359 g/mol. The van der Waals surface area contributed by atoms with Crippen molar-refractivity contribution in [3.05, 3.63) is 64.2 Å². The number of hydrogen-bond donors (Lipinski definition) is 0. The van der Waals surface area contributed by atoms with E-state index in [2.05, 4.69) is 0 Å². The summed E-state index contributed by atoms with van der Waals surface area (Å²) in [6, 6.07) is 10.3. The van der Waals surface area contributed by atoms with E-state index in [9.17, 15) is 9.59 Å². The average Bonchev–Trinajstić information content (AvgIpc) is 3.08. The van der Waals surface area contributed by atoms with Gasteiger partial charge in [-0.25, -0.2) is 4.79 Å². The molecule has 0 N–H and O–H groups in total. The molecule has 0 saturated heterocycles. The van der Waals surface area contributed by atoms with Crippen molar-refractivity contribution in [2.24, 2.45) is 0 Å². The zero-order chi connectivity index (χ0) is 17.8. The molecule has 0 aliphatic carbocycles. The van der Waals surface area contributed by atoms with Crippen molar-refractivity contribution in [1.29, 1.82) is 0 Å². The van der Waals surface area contributed by atoms with Crippen molar-refractivity contribution >= 4 is 29.4 Å². The van der Waals surface area contributed by atoms with E-state index in [1.807, 2.05) is 19.1 Å². The van der Waals surface area contributed by atoms with Gasteiger partial charge in [0.05, 0.1) is 0 Å². The van der Waals surface area contributed by atoms with Crippen LogP contribution in [0, 0.1) is 6.92 Å². The molecule has 25 heavy (non-hydrogen) atoms. The number of benzene rings is 2. The van der Waals surface area contributed by atoms with Gasteiger partial charge in [-0.15, -0.1) is 0 Å². The van der Waals surface area contributed by atoms with Gasteiger partial charge in [0.2, 0.25) is 6.79 Å². The fourth-order valence-electron chi connectivity index (χ4n) is 2.22. The minimum atomic E-state index is -0.606. The SMILES string of the molecule is Cc1ccc(/C=C/C(=O)OCC(=O)c2ccc3c(c2)OCO3)cc1Cl. The Balaban J connectivity index is 1.55. The molecule has 6 heteroatoms. The molecule has 0 bridgehead atoms. The van der Waals surface area contributed by atoms with Crippen molar-refractivity contribution < 1.29 is 23.8 Å². The Labute approximate surface area is 149 Å². The number of ether oxygens (including phenoxy) is 3. The van der Waals surface area contributed by atoms with E-state index in [0.717, 1.165) is 11.1 Å². The number of carbonyl (C=O) groups is 2. The maximum absolute atomic E-state index is 12.1. The number of hydrogen-bond acceptors (Lipinski definition) is 5. The van der Waals surface area contributed by atoms with Crippen molar-refractivity contribution in [1.82, 2.24) is 0 Å². The normalized spacial score (nSPS) is 12.4. The van der Waals surface area contributed by atoms with Gasteiger partial charge in [-0.3, -0.25) is 4.79 Å². The third-order valence-electron chi connectivity index (χ3n) is 3.65. The fourth-order valence-corrected chi connectivity index (χ4v) is 2.40. The van der Waals surface area contributed by atoms with Gasteiger partial charge in [0.15, 0.2) is 23.9 Å². The smallest absolute Gasteiger partial charge is 0.331 e. The molecule has 0 amide bonds. The second kappa shape index (κ2) is 7.40. The van der Waals surface area contributed by atoms with Gasteiger partial charge < -0.3 is 14.2 Å². The highest BCUT2D eigenvalue weighted by atomic mass is 35.5. The minimum absolute atomic E-state index is 0.135. The number of Topliss-reactive ketones (excluding diaryl/α,β-unsaturated/α-hetero) is 1. The largest absolute Gasteiger partial charge is 0.454 e. The molecule has 0 spiro atoms. The van der Waals surface area contributed by atoms with Crippen LogP contribution in [-0.4, -0.2) is 25.2 Å². The van der Waals surface area contributed by atoms with E-state index in [1.54, 1.807) is 30.3 Å². The number of halogens is 1. The zero-order valence-electron chi connectivity index (χ0n) is 13.5. The summed E-state index contributed by atoms with van der Waals surface area (Å²) in [6.07, 6.45) is 2.84. The fraction of sp³-hybridized carbons (Fsp3) is 0.158. The van der Waals surface area contributed by atoms with E-state index in [4.69, 9.17) is 25.8 Å². The molecular formula is C19H15ClO5. The number of ketones is 1. The van der Waals surface area contributed by atoms with Gasteiger partial charge in [0.25, 0.3) is 0 Å². The summed E-state index contributed by atoms with van der Waals surface area (Å²) in [6.45, 7) is 1.68. The molecule has 3 rings (SSSR count). The Morgan fingerprint density at radius 3 is 2.76 bits per heavy atom. The molecule has 0 saturated carbocycles. The topological polar surface area (TPSA) is 61.8 Å². The zero-order valence-corrected chi connectivity index (χ0v) is 14.2. The molecule has 1 aliphatic heterocycles. The predicted molar refractivity (Wildman–Crippen MR) is 93.1 cm³/mol.